The first-order valence-electron chi connectivity index (χ1n) is 9.47. The van der Waals surface area contributed by atoms with Gasteiger partial charge in [-0.25, -0.2) is 4.68 Å². The molecule has 7 nitrogen and oxygen atoms in total. The Morgan fingerprint density at radius 1 is 1.23 bits per heavy atom. The molecular formula is C20H22ClN5O2S2. The number of Topliss-reactive ketones (excluding diaryl/α,β-unsaturated/α-hetero) is 1. The molecule has 0 N–H and O–H groups in total. The van der Waals surface area contributed by atoms with Crippen molar-refractivity contribution in [3.05, 3.63) is 46.7 Å². The van der Waals surface area contributed by atoms with E-state index in [1.807, 2.05) is 31.2 Å². The number of fused-ring (bicyclic) bond motifs is 1. The van der Waals surface area contributed by atoms with E-state index < -0.39 is 5.38 Å². The van der Waals surface area contributed by atoms with Crippen molar-refractivity contribution in [1.82, 2.24) is 25.1 Å². The van der Waals surface area contributed by atoms with Gasteiger partial charge in [0.05, 0.1) is 10.3 Å². The number of benzene rings is 1. The lowest BCUT2D eigenvalue weighted by atomic mass is 9.86. The average molecular weight is 464 g/mol. The van der Waals surface area contributed by atoms with Gasteiger partial charge in [-0.05, 0) is 33.9 Å². The smallest absolute Gasteiger partial charge is 0.249 e. The van der Waals surface area contributed by atoms with Gasteiger partial charge in [0.1, 0.15) is 10.8 Å². The van der Waals surface area contributed by atoms with Crippen molar-refractivity contribution >= 4 is 46.8 Å². The van der Waals surface area contributed by atoms with Gasteiger partial charge in [-0.2, -0.15) is 0 Å². The summed E-state index contributed by atoms with van der Waals surface area (Å²) >= 11 is 9.29. The first-order chi connectivity index (χ1) is 14.1. The van der Waals surface area contributed by atoms with Crippen molar-refractivity contribution in [3.63, 3.8) is 0 Å². The Hall–Kier alpha value is -1.84. The predicted molar refractivity (Wildman–Crippen MR) is 118 cm³/mol. The zero-order chi connectivity index (χ0) is 21.8. The number of aromatic nitrogens is 4. The van der Waals surface area contributed by atoms with Crippen LogP contribution in [0.15, 0.2) is 40.7 Å². The standard InChI is InChI=1S/C20H22ClN5O2S2/c1-10-14(15(27)11-6-8-12(9-7-11)20(2,3)4)26-16(28)13(21)17(26)29-18(10)30-19-22-23-24-25(19)5/h6-9,13,17-18H,1-5H3/t13-,17-,18?/m0/s1. The zero-order valence-electron chi connectivity index (χ0n) is 17.3. The largest absolute Gasteiger partial charge is 0.293 e. The first kappa shape index (κ1) is 21.4. The highest BCUT2D eigenvalue weighted by molar-refractivity contribution is 8.17. The quantitative estimate of drug-likeness (QED) is 0.389. The van der Waals surface area contributed by atoms with Gasteiger partial charge >= 0.3 is 0 Å². The lowest BCUT2D eigenvalue weighted by molar-refractivity contribution is -0.137. The second kappa shape index (κ2) is 7.69. The second-order valence-electron chi connectivity index (χ2n) is 8.36. The number of amides is 1. The van der Waals surface area contributed by atoms with Gasteiger partial charge in [0, 0.05) is 12.6 Å². The monoisotopic (exact) mass is 463 g/mol. The van der Waals surface area contributed by atoms with E-state index in [9.17, 15) is 9.59 Å². The van der Waals surface area contributed by atoms with Gasteiger partial charge in [0.2, 0.25) is 16.8 Å². The molecule has 1 aromatic heterocycles. The third-order valence-corrected chi connectivity index (χ3v) is 8.91. The van der Waals surface area contributed by atoms with Crippen molar-refractivity contribution < 1.29 is 9.59 Å². The third-order valence-electron chi connectivity index (χ3n) is 5.23. The summed E-state index contributed by atoms with van der Waals surface area (Å²) in [6, 6.07) is 7.60. The maximum atomic E-state index is 13.5. The van der Waals surface area contributed by atoms with Crippen LogP contribution in [-0.4, -0.2) is 52.1 Å². The van der Waals surface area contributed by atoms with Gasteiger partial charge in [-0.15, -0.1) is 28.5 Å². The minimum absolute atomic E-state index is 0.00546. The molecule has 158 valence electrons. The highest BCUT2D eigenvalue weighted by Gasteiger charge is 2.54. The molecule has 0 radical (unpaired) electrons. The summed E-state index contributed by atoms with van der Waals surface area (Å²) in [7, 11) is 1.77. The summed E-state index contributed by atoms with van der Waals surface area (Å²) < 4.78 is 1.46. The number of aryl methyl sites for hydroxylation is 1. The molecule has 10 heteroatoms. The molecule has 0 saturated carbocycles. The number of allylic oxidation sites excluding steroid dienone is 1. The summed E-state index contributed by atoms with van der Waals surface area (Å²) in [6.07, 6.45) is 0. The summed E-state index contributed by atoms with van der Waals surface area (Å²) in [5.74, 6) is -0.399. The third kappa shape index (κ3) is 3.56. The topological polar surface area (TPSA) is 81.0 Å². The lowest BCUT2D eigenvalue weighted by Gasteiger charge is -2.49. The minimum atomic E-state index is -0.644. The molecule has 4 rings (SSSR count). The number of alkyl halides is 1. The average Bonchev–Trinajstić information content (AvgIpc) is 3.12. The van der Waals surface area contributed by atoms with Gasteiger partial charge in [0.15, 0.2) is 0 Å². The molecule has 2 aliphatic rings. The van der Waals surface area contributed by atoms with Crippen LogP contribution in [0, 0.1) is 0 Å². The molecule has 1 aromatic carbocycles. The fraction of sp³-hybridized carbons (Fsp3) is 0.450. The van der Waals surface area contributed by atoms with E-state index in [4.69, 9.17) is 11.6 Å². The normalized spacial score (nSPS) is 24.0. The number of β-lactam (4-membered cyclic amide) rings is 1. The zero-order valence-corrected chi connectivity index (χ0v) is 19.7. The van der Waals surface area contributed by atoms with Crippen LogP contribution >= 0.6 is 35.1 Å². The van der Waals surface area contributed by atoms with Crippen molar-refractivity contribution in [2.24, 2.45) is 7.05 Å². The number of carbonyl (C=O) groups is 2. The van der Waals surface area contributed by atoms with E-state index in [2.05, 4.69) is 36.3 Å². The van der Waals surface area contributed by atoms with E-state index >= 15 is 0 Å². The molecular weight excluding hydrogens is 442 g/mol. The Bertz CT molecular complexity index is 1040. The van der Waals surface area contributed by atoms with E-state index in [0.29, 0.717) is 16.4 Å². The molecule has 0 bridgehead atoms. The maximum Gasteiger partial charge on any atom is 0.249 e. The van der Waals surface area contributed by atoms with E-state index in [-0.39, 0.29) is 27.1 Å². The number of hydrogen-bond donors (Lipinski definition) is 0. The number of hydrogen-bond acceptors (Lipinski definition) is 7. The van der Waals surface area contributed by atoms with Crippen molar-refractivity contribution in [3.8, 4) is 0 Å². The number of nitrogens with zero attached hydrogens (tertiary/aromatic N) is 5. The Morgan fingerprint density at radius 2 is 1.90 bits per heavy atom. The highest BCUT2D eigenvalue weighted by atomic mass is 35.5. The number of tetrazole rings is 1. The van der Waals surface area contributed by atoms with Crippen molar-refractivity contribution in [1.29, 1.82) is 0 Å². The molecule has 1 unspecified atom stereocenters. The number of ketones is 1. The number of rotatable bonds is 4. The van der Waals surface area contributed by atoms with Crippen molar-refractivity contribution in [2.45, 2.75) is 53.6 Å². The lowest BCUT2D eigenvalue weighted by Crippen LogP contribution is -2.63. The first-order valence-corrected chi connectivity index (χ1v) is 11.7. The molecule has 1 amide bonds. The number of halogens is 1. The van der Waals surface area contributed by atoms with Crippen LogP contribution in [0.5, 0.6) is 0 Å². The van der Waals surface area contributed by atoms with Crippen molar-refractivity contribution in [2.75, 3.05) is 0 Å². The highest BCUT2D eigenvalue weighted by Crippen LogP contribution is 2.50. The number of thioether (sulfide) groups is 2. The van der Waals surface area contributed by atoms with E-state index in [1.165, 1.54) is 11.8 Å². The van der Waals surface area contributed by atoms with Crippen LogP contribution < -0.4 is 0 Å². The summed E-state index contributed by atoms with van der Waals surface area (Å²) in [6.45, 7) is 8.27. The fourth-order valence-electron chi connectivity index (χ4n) is 3.41. The molecule has 3 heterocycles. The van der Waals surface area contributed by atoms with Crippen LogP contribution in [0.2, 0.25) is 0 Å². The van der Waals surface area contributed by atoms with Crippen LogP contribution in [-0.2, 0) is 17.3 Å². The van der Waals surface area contributed by atoms with E-state index in [0.717, 1.165) is 11.1 Å². The van der Waals surface area contributed by atoms with Crippen LogP contribution in [0.25, 0.3) is 0 Å². The minimum Gasteiger partial charge on any atom is -0.293 e. The predicted octanol–water partition coefficient (Wildman–Crippen LogP) is 3.61. The van der Waals surface area contributed by atoms with Gasteiger partial charge < -0.3 is 0 Å². The Labute approximate surface area is 188 Å². The molecule has 0 aliphatic carbocycles. The SMILES string of the molecule is CC1=C(C(=O)c2ccc(C(C)(C)C)cc2)N2C(=O)[C@H](Cl)[C@@H]2SC1Sc1nnnn1C. The number of carbonyl (C=O) groups excluding carboxylic acids is 2. The Morgan fingerprint density at radius 3 is 2.47 bits per heavy atom. The van der Waals surface area contributed by atoms with Gasteiger partial charge in [0.25, 0.3) is 0 Å². The molecule has 0 spiro atoms. The molecule has 2 aromatic rings. The second-order valence-corrected chi connectivity index (χ2v) is 11.4. The summed E-state index contributed by atoms with van der Waals surface area (Å²) in [5, 5.41) is 11.3. The Kier molecular flexibility index (Phi) is 5.48. The fourth-order valence-corrected chi connectivity index (χ4v) is 6.53. The van der Waals surface area contributed by atoms with Gasteiger partial charge in [-0.3, -0.25) is 14.5 Å². The summed E-state index contributed by atoms with van der Waals surface area (Å²) in [4.78, 5) is 27.5. The van der Waals surface area contributed by atoms with Crippen LogP contribution in [0.3, 0.4) is 0 Å². The van der Waals surface area contributed by atoms with E-state index in [1.54, 1.807) is 28.4 Å². The summed E-state index contributed by atoms with van der Waals surface area (Å²) in [5.41, 5.74) is 2.92. The van der Waals surface area contributed by atoms with Gasteiger partial charge in [-0.1, -0.05) is 56.8 Å². The molecule has 1 saturated heterocycles. The Balaban J connectivity index is 1.70. The van der Waals surface area contributed by atoms with Crippen LogP contribution in [0.4, 0.5) is 0 Å². The molecule has 1 fully saturated rings. The molecule has 30 heavy (non-hydrogen) atoms. The maximum absolute atomic E-state index is 13.5. The van der Waals surface area contributed by atoms with Crippen LogP contribution in [0.1, 0.15) is 43.6 Å². The molecule has 3 atom stereocenters. The molecule has 2 aliphatic heterocycles.